The van der Waals surface area contributed by atoms with E-state index in [0.717, 1.165) is 36.4 Å². The van der Waals surface area contributed by atoms with E-state index in [0.29, 0.717) is 24.0 Å². The summed E-state index contributed by atoms with van der Waals surface area (Å²) in [4.78, 5) is 13.7. The zero-order valence-electron chi connectivity index (χ0n) is 23.0. The molecule has 7 nitrogen and oxygen atoms in total. The van der Waals surface area contributed by atoms with Crippen LogP contribution in [0.1, 0.15) is 55.8 Å². The zero-order valence-corrected chi connectivity index (χ0v) is 23.0. The molecule has 0 radical (unpaired) electrons. The molecule has 1 unspecified atom stereocenters. The van der Waals surface area contributed by atoms with Gasteiger partial charge in [0.25, 0.3) is 0 Å². The molecule has 0 saturated carbocycles. The predicted molar refractivity (Wildman–Crippen MR) is 152 cm³/mol. The number of carbonyl (C=O) groups is 1. The number of rotatable bonds is 14. The molecule has 9 heteroatoms. The van der Waals surface area contributed by atoms with Gasteiger partial charge >= 0.3 is 0 Å². The number of hydrogen-bond acceptors (Lipinski definition) is 5. The molecule has 212 valence electrons. The number of aliphatic hydroxyl groups is 1. The van der Waals surface area contributed by atoms with Crippen LogP contribution in [-0.2, 0) is 24.2 Å². The molecule has 0 aliphatic rings. The lowest BCUT2D eigenvalue weighted by Gasteiger charge is -2.27. The normalized spacial score (nSPS) is 13.7. The number of carbonyl (C=O) groups excluding carboxylic acids is 1. The lowest BCUT2D eigenvalue weighted by atomic mass is 9.99. The number of fused-ring (bicyclic) bond motifs is 1. The molecule has 0 bridgehead atoms. The van der Waals surface area contributed by atoms with Gasteiger partial charge in [-0.05, 0) is 60.2 Å². The highest BCUT2D eigenvalue weighted by molar-refractivity contribution is 5.83. The van der Waals surface area contributed by atoms with Crippen molar-refractivity contribution >= 4 is 16.9 Å². The fourth-order valence-corrected chi connectivity index (χ4v) is 4.89. The Morgan fingerprint density at radius 2 is 1.73 bits per heavy atom. The number of aliphatic hydroxyl groups excluding tert-OH is 1. The number of aromatic nitrogens is 3. The fraction of sp³-hybridized carbons (Fsp3) is 0.387. The molecule has 3 N–H and O–H groups in total. The Bertz CT molecular complexity index is 1390. The first-order valence-corrected chi connectivity index (χ1v) is 13.9. The molecule has 0 spiro atoms. The zero-order chi connectivity index (χ0) is 28.5. The topological polar surface area (TPSA) is 92.1 Å². The average Bonchev–Trinajstić information content (AvgIpc) is 3.36. The summed E-state index contributed by atoms with van der Waals surface area (Å²) in [6, 6.07) is 17.4. The number of para-hydroxylation sites is 1. The van der Waals surface area contributed by atoms with Gasteiger partial charge in [-0.15, -0.1) is 5.10 Å². The molecule has 1 amide bonds. The van der Waals surface area contributed by atoms with E-state index < -0.39 is 29.8 Å². The first-order valence-electron chi connectivity index (χ1n) is 13.9. The van der Waals surface area contributed by atoms with Crippen LogP contribution in [0.3, 0.4) is 0 Å². The van der Waals surface area contributed by atoms with Gasteiger partial charge in [0.2, 0.25) is 5.91 Å². The van der Waals surface area contributed by atoms with Crippen LogP contribution in [0.5, 0.6) is 0 Å². The number of amides is 1. The highest BCUT2D eigenvalue weighted by atomic mass is 19.1. The van der Waals surface area contributed by atoms with E-state index in [2.05, 4.69) is 40.0 Å². The Hall–Kier alpha value is -3.69. The van der Waals surface area contributed by atoms with Gasteiger partial charge in [-0.3, -0.25) is 4.79 Å². The quantitative estimate of drug-likeness (QED) is 0.209. The van der Waals surface area contributed by atoms with E-state index in [4.69, 9.17) is 0 Å². The number of nitrogens with one attached hydrogen (secondary N) is 2. The van der Waals surface area contributed by atoms with E-state index in [1.807, 2.05) is 43.3 Å². The van der Waals surface area contributed by atoms with Gasteiger partial charge in [0, 0.05) is 19.2 Å². The van der Waals surface area contributed by atoms with E-state index >= 15 is 0 Å². The van der Waals surface area contributed by atoms with Crippen molar-refractivity contribution in [1.82, 2.24) is 25.6 Å². The van der Waals surface area contributed by atoms with E-state index in [1.54, 1.807) is 4.68 Å². The third-order valence-corrected chi connectivity index (χ3v) is 7.06. The second kappa shape index (κ2) is 14.1. The van der Waals surface area contributed by atoms with Crippen molar-refractivity contribution in [2.45, 2.75) is 70.7 Å². The highest BCUT2D eigenvalue weighted by Gasteiger charge is 2.28. The maximum absolute atomic E-state index is 14.0. The van der Waals surface area contributed by atoms with Crippen LogP contribution in [0, 0.1) is 11.6 Å². The summed E-state index contributed by atoms with van der Waals surface area (Å²) in [5, 5.41) is 25.9. The molecule has 1 heterocycles. The lowest BCUT2D eigenvalue weighted by Crippen LogP contribution is -2.50. The van der Waals surface area contributed by atoms with E-state index in [-0.39, 0.29) is 18.9 Å². The van der Waals surface area contributed by atoms with Gasteiger partial charge in [0.1, 0.15) is 23.2 Å². The van der Waals surface area contributed by atoms with Gasteiger partial charge in [-0.25, -0.2) is 13.5 Å². The summed E-state index contributed by atoms with van der Waals surface area (Å²) in [6.45, 7) is 4.84. The van der Waals surface area contributed by atoms with Crippen LogP contribution in [0.15, 0.2) is 66.7 Å². The lowest BCUT2D eigenvalue weighted by molar-refractivity contribution is -0.126. The number of hydrogen-bond donors (Lipinski definition) is 3. The van der Waals surface area contributed by atoms with Crippen molar-refractivity contribution in [3.8, 4) is 0 Å². The molecule has 0 aliphatic carbocycles. The minimum atomic E-state index is -1.02. The molecule has 0 fully saturated rings. The molecular formula is C31H37F2N5O2. The number of benzene rings is 3. The molecule has 0 saturated heterocycles. The van der Waals surface area contributed by atoms with E-state index in [9.17, 15) is 18.7 Å². The Labute approximate surface area is 233 Å². The summed E-state index contributed by atoms with van der Waals surface area (Å²) >= 11 is 0. The predicted octanol–water partition coefficient (Wildman–Crippen LogP) is 4.88. The van der Waals surface area contributed by atoms with E-state index in [1.165, 1.54) is 17.7 Å². The van der Waals surface area contributed by atoms with Crippen LogP contribution in [0.25, 0.3) is 11.0 Å². The first-order chi connectivity index (χ1) is 19.4. The smallest absolute Gasteiger partial charge is 0.245 e. The molecule has 3 atom stereocenters. The number of unbranched alkanes of at least 4 members (excludes halogenated alkanes) is 1. The summed E-state index contributed by atoms with van der Waals surface area (Å²) in [5.41, 5.74) is 4.06. The molecule has 40 heavy (non-hydrogen) atoms. The molecule has 4 rings (SSSR count). The minimum Gasteiger partial charge on any atom is -0.390 e. The largest absolute Gasteiger partial charge is 0.390 e. The summed E-state index contributed by atoms with van der Waals surface area (Å²) < 4.78 is 29.6. The van der Waals surface area contributed by atoms with Gasteiger partial charge in [-0.1, -0.05) is 68.3 Å². The Kier molecular flexibility index (Phi) is 10.3. The Morgan fingerprint density at radius 3 is 2.48 bits per heavy atom. The number of nitrogens with zero attached hydrogens (tertiary/aromatic N) is 3. The van der Waals surface area contributed by atoms with Crippen molar-refractivity contribution in [1.29, 1.82) is 0 Å². The SMILES string of the molecule is CCCCC(C(=O)N[C@@H](Cc1cc(F)cc(F)c1)[C@H](O)CNCc1cccc(CC)c1)n1nnc2ccccc21. The summed E-state index contributed by atoms with van der Waals surface area (Å²) in [6.07, 6.45) is 2.15. The van der Waals surface area contributed by atoms with Gasteiger partial charge in [-0.2, -0.15) is 0 Å². The van der Waals surface area contributed by atoms with Crippen molar-refractivity contribution in [2.24, 2.45) is 0 Å². The highest BCUT2D eigenvalue weighted by Crippen LogP contribution is 2.22. The van der Waals surface area contributed by atoms with Gasteiger partial charge in [0.15, 0.2) is 0 Å². The minimum absolute atomic E-state index is 0.0488. The van der Waals surface area contributed by atoms with Crippen LogP contribution in [-0.4, -0.2) is 44.7 Å². The van der Waals surface area contributed by atoms with Crippen LogP contribution in [0.4, 0.5) is 8.78 Å². The Morgan fingerprint density at radius 1 is 0.975 bits per heavy atom. The maximum Gasteiger partial charge on any atom is 0.245 e. The third kappa shape index (κ3) is 7.70. The molecule has 0 aliphatic heterocycles. The number of halogens is 2. The van der Waals surface area contributed by atoms with Crippen LogP contribution in [0.2, 0.25) is 0 Å². The monoisotopic (exact) mass is 549 g/mol. The third-order valence-electron chi connectivity index (χ3n) is 7.06. The fourth-order valence-electron chi connectivity index (χ4n) is 4.89. The van der Waals surface area contributed by atoms with Crippen molar-refractivity contribution in [3.05, 3.63) is 95.1 Å². The van der Waals surface area contributed by atoms with Crippen LogP contribution < -0.4 is 10.6 Å². The van der Waals surface area contributed by atoms with Crippen molar-refractivity contribution in [2.75, 3.05) is 6.54 Å². The average molecular weight is 550 g/mol. The summed E-state index contributed by atoms with van der Waals surface area (Å²) in [5.74, 6) is -1.75. The standard InChI is InChI=1S/C31H37F2N5O2/c1-3-5-12-29(38-28-13-7-6-11-26(28)36-37-38)31(40)35-27(17-23-15-24(32)18-25(33)16-23)30(39)20-34-19-22-10-8-9-21(4-2)14-22/h6-11,13-16,18,27,29-30,34,39H,3-5,12,17,19-20H2,1-2H3,(H,35,40)/t27-,29?,30+/m0/s1. The Balaban J connectivity index is 1.53. The second-order valence-corrected chi connectivity index (χ2v) is 10.1. The second-order valence-electron chi connectivity index (χ2n) is 10.1. The number of aryl methyl sites for hydroxylation is 1. The maximum atomic E-state index is 14.0. The van der Waals surface area contributed by atoms with Gasteiger partial charge in [0.05, 0.1) is 17.7 Å². The van der Waals surface area contributed by atoms with Crippen LogP contribution >= 0.6 is 0 Å². The molecule has 4 aromatic rings. The summed E-state index contributed by atoms with van der Waals surface area (Å²) in [7, 11) is 0. The van der Waals surface area contributed by atoms with Crippen molar-refractivity contribution < 1.29 is 18.7 Å². The van der Waals surface area contributed by atoms with Gasteiger partial charge < -0.3 is 15.7 Å². The van der Waals surface area contributed by atoms with Crippen molar-refractivity contribution in [3.63, 3.8) is 0 Å². The molecule has 3 aromatic carbocycles. The molecule has 1 aromatic heterocycles. The first kappa shape index (κ1) is 29.3. The molecular weight excluding hydrogens is 512 g/mol.